The topological polar surface area (TPSA) is 55.4 Å². The maximum absolute atomic E-state index is 12.2. The normalized spacial score (nSPS) is 11.6. The summed E-state index contributed by atoms with van der Waals surface area (Å²) in [5.74, 6) is 0.297. The number of aliphatic imine (C=N–C) groups is 1. The van der Waals surface area contributed by atoms with Gasteiger partial charge in [-0.2, -0.15) is 0 Å². The lowest BCUT2D eigenvalue weighted by molar-refractivity contribution is 0.102. The quantitative estimate of drug-likeness (QED) is 0.374. The Bertz CT molecular complexity index is 901. The first kappa shape index (κ1) is 16.7. The number of Topliss-reactive ketones (excluding diaryl/α,β-unsaturated/α-hetero) is 1. The lowest BCUT2D eigenvalue weighted by atomic mass is 10.1. The Labute approximate surface area is 153 Å². The molecule has 5 heteroatoms. The van der Waals surface area contributed by atoms with Crippen molar-refractivity contribution in [1.29, 1.82) is 0 Å². The lowest BCUT2D eigenvalue weighted by Crippen LogP contribution is -2.11. The lowest BCUT2D eigenvalue weighted by Gasteiger charge is -2.04. The Morgan fingerprint density at radius 1 is 1.00 bits per heavy atom. The van der Waals surface area contributed by atoms with Gasteiger partial charge in [-0.25, -0.2) is 4.99 Å². The van der Waals surface area contributed by atoms with Crippen molar-refractivity contribution in [2.45, 2.75) is 0 Å². The number of carbonyl (C=O) groups is 1. The molecule has 0 aliphatic carbocycles. The van der Waals surface area contributed by atoms with Gasteiger partial charge >= 0.3 is 0 Å². The second-order valence-electron chi connectivity index (χ2n) is 5.17. The van der Waals surface area contributed by atoms with E-state index in [1.807, 2.05) is 54.6 Å². The molecule has 0 fully saturated rings. The highest BCUT2D eigenvalue weighted by Crippen LogP contribution is 2.26. The number of fused-ring (bicyclic) bond motifs is 1. The maximum atomic E-state index is 12.2. The van der Waals surface area contributed by atoms with Gasteiger partial charge in [0.1, 0.15) is 0 Å². The van der Waals surface area contributed by atoms with Crippen LogP contribution in [0.3, 0.4) is 0 Å². The van der Waals surface area contributed by atoms with Crippen LogP contribution in [-0.2, 0) is 0 Å². The summed E-state index contributed by atoms with van der Waals surface area (Å²) in [7, 11) is 0. The van der Waals surface area contributed by atoms with Gasteiger partial charge in [-0.05, 0) is 23.6 Å². The molecule has 2 N–H and O–H groups in total. The van der Waals surface area contributed by atoms with E-state index in [1.165, 1.54) is 11.8 Å². The summed E-state index contributed by atoms with van der Waals surface area (Å²) in [6.45, 7) is 0. The van der Waals surface area contributed by atoms with Crippen LogP contribution >= 0.6 is 27.7 Å². The Hall–Kier alpha value is -2.11. The van der Waals surface area contributed by atoms with Crippen molar-refractivity contribution in [3.63, 3.8) is 0 Å². The molecule has 120 valence electrons. The van der Waals surface area contributed by atoms with E-state index in [2.05, 4.69) is 20.9 Å². The number of halogens is 1. The number of hydrogen-bond donors (Lipinski definition) is 1. The van der Waals surface area contributed by atoms with Crippen LogP contribution in [0.5, 0.6) is 0 Å². The SMILES string of the molecule is NC(=Nc1cccc2ccccc12)SCC(=O)c1ccc(Br)cc1. The van der Waals surface area contributed by atoms with Crippen LogP contribution in [0, 0.1) is 0 Å². The molecule has 0 bridgehead atoms. The first-order valence-electron chi connectivity index (χ1n) is 7.37. The average molecular weight is 399 g/mol. The maximum Gasteiger partial charge on any atom is 0.173 e. The van der Waals surface area contributed by atoms with E-state index in [0.717, 1.165) is 20.9 Å². The average Bonchev–Trinajstić information content (AvgIpc) is 2.61. The minimum Gasteiger partial charge on any atom is -0.378 e. The van der Waals surface area contributed by atoms with E-state index < -0.39 is 0 Å². The molecule has 3 aromatic carbocycles. The molecule has 0 saturated heterocycles. The molecule has 0 heterocycles. The van der Waals surface area contributed by atoms with Crippen molar-refractivity contribution in [2.75, 3.05) is 5.75 Å². The number of amidine groups is 1. The molecule has 0 unspecified atom stereocenters. The Kier molecular flexibility index (Phi) is 5.33. The zero-order chi connectivity index (χ0) is 16.9. The van der Waals surface area contributed by atoms with Gasteiger partial charge in [0.05, 0.1) is 11.4 Å². The minimum atomic E-state index is 0.0311. The highest BCUT2D eigenvalue weighted by Gasteiger charge is 2.08. The third-order valence-corrected chi connectivity index (χ3v) is 4.84. The van der Waals surface area contributed by atoms with Crippen LogP contribution in [0.15, 0.2) is 76.2 Å². The fraction of sp³-hybridized carbons (Fsp3) is 0.0526. The second kappa shape index (κ2) is 7.64. The predicted molar refractivity (Wildman–Crippen MR) is 106 cm³/mol. The molecule has 0 aliphatic heterocycles. The van der Waals surface area contributed by atoms with E-state index in [4.69, 9.17) is 5.73 Å². The van der Waals surface area contributed by atoms with Crippen LogP contribution in [0.4, 0.5) is 5.69 Å². The highest BCUT2D eigenvalue weighted by molar-refractivity contribution is 9.10. The number of nitrogens with zero attached hydrogens (tertiary/aromatic N) is 1. The molecule has 3 aromatic rings. The van der Waals surface area contributed by atoms with Crippen molar-refractivity contribution in [2.24, 2.45) is 10.7 Å². The zero-order valence-corrected chi connectivity index (χ0v) is 15.2. The summed E-state index contributed by atoms with van der Waals surface area (Å²) in [5.41, 5.74) is 7.48. The number of hydrogen-bond acceptors (Lipinski definition) is 3. The fourth-order valence-electron chi connectivity index (χ4n) is 2.32. The van der Waals surface area contributed by atoms with Crippen LogP contribution in [-0.4, -0.2) is 16.7 Å². The van der Waals surface area contributed by atoms with E-state index >= 15 is 0 Å². The molecule has 0 aromatic heterocycles. The Balaban J connectivity index is 1.72. The van der Waals surface area contributed by atoms with Gasteiger partial charge in [0, 0.05) is 15.4 Å². The van der Waals surface area contributed by atoms with Crippen LogP contribution < -0.4 is 5.73 Å². The summed E-state index contributed by atoms with van der Waals surface area (Å²) in [6.07, 6.45) is 0. The van der Waals surface area contributed by atoms with Gasteiger partial charge < -0.3 is 5.73 Å². The zero-order valence-electron chi connectivity index (χ0n) is 12.8. The van der Waals surface area contributed by atoms with Gasteiger partial charge in [-0.1, -0.05) is 76.2 Å². The molecule has 3 nitrogen and oxygen atoms in total. The number of ketones is 1. The van der Waals surface area contributed by atoms with Crippen LogP contribution in [0.25, 0.3) is 10.8 Å². The smallest absolute Gasteiger partial charge is 0.173 e. The van der Waals surface area contributed by atoms with Crippen molar-refractivity contribution < 1.29 is 4.79 Å². The summed E-state index contributed by atoms with van der Waals surface area (Å²) in [4.78, 5) is 16.6. The third kappa shape index (κ3) is 4.04. The van der Waals surface area contributed by atoms with Gasteiger partial charge in [0.15, 0.2) is 11.0 Å². The monoisotopic (exact) mass is 398 g/mol. The fourth-order valence-corrected chi connectivity index (χ4v) is 3.19. The van der Waals surface area contributed by atoms with Crippen molar-refractivity contribution in [1.82, 2.24) is 0 Å². The van der Waals surface area contributed by atoms with Crippen LogP contribution in [0.1, 0.15) is 10.4 Å². The summed E-state index contributed by atoms with van der Waals surface area (Å²) < 4.78 is 0.948. The van der Waals surface area contributed by atoms with E-state index in [1.54, 1.807) is 12.1 Å². The van der Waals surface area contributed by atoms with E-state index in [9.17, 15) is 4.79 Å². The molecule has 0 radical (unpaired) electrons. The molecule has 24 heavy (non-hydrogen) atoms. The van der Waals surface area contributed by atoms with Crippen molar-refractivity contribution >= 4 is 55.1 Å². The van der Waals surface area contributed by atoms with E-state index in [0.29, 0.717) is 10.7 Å². The molecule has 0 amide bonds. The minimum absolute atomic E-state index is 0.0311. The summed E-state index contributed by atoms with van der Waals surface area (Å²) in [6, 6.07) is 21.2. The standard InChI is InChI=1S/C19H15BrN2OS/c20-15-10-8-14(9-11-15)18(23)12-24-19(21)22-17-7-3-5-13-4-1-2-6-16(13)17/h1-11H,12H2,(H2,21,22). The highest BCUT2D eigenvalue weighted by atomic mass is 79.9. The molecular weight excluding hydrogens is 384 g/mol. The van der Waals surface area contributed by atoms with Crippen molar-refractivity contribution in [3.05, 3.63) is 76.8 Å². The predicted octanol–water partition coefficient (Wildman–Crippen LogP) is 5.16. The number of carbonyl (C=O) groups excluding carboxylic acids is 1. The van der Waals surface area contributed by atoms with Crippen molar-refractivity contribution in [3.8, 4) is 0 Å². The summed E-state index contributed by atoms with van der Waals surface area (Å²) >= 11 is 4.61. The number of nitrogens with two attached hydrogens (primary N) is 1. The third-order valence-electron chi connectivity index (χ3n) is 3.51. The number of thioether (sulfide) groups is 1. The van der Waals surface area contributed by atoms with Gasteiger partial charge in [-0.3, -0.25) is 4.79 Å². The van der Waals surface area contributed by atoms with Crippen LogP contribution in [0.2, 0.25) is 0 Å². The number of benzene rings is 3. The summed E-state index contributed by atoms with van der Waals surface area (Å²) in [5, 5.41) is 2.54. The van der Waals surface area contributed by atoms with Gasteiger partial charge in [0.2, 0.25) is 0 Å². The molecular formula is C19H15BrN2OS. The van der Waals surface area contributed by atoms with Gasteiger partial charge in [0.25, 0.3) is 0 Å². The number of rotatable bonds is 4. The first-order chi connectivity index (χ1) is 11.6. The molecule has 3 rings (SSSR count). The first-order valence-corrected chi connectivity index (χ1v) is 9.15. The molecule has 0 atom stereocenters. The Morgan fingerprint density at radius 3 is 2.50 bits per heavy atom. The molecule has 0 saturated carbocycles. The van der Waals surface area contributed by atoms with Gasteiger partial charge in [-0.15, -0.1) is 0 Å². The molecule has 0 aliphatic rings. The Morgan fingerprint density at radius 2 is 1.71 bits per heavy atom. The van der Waals surface area contributed by atoms with E-state index in [-0.39, 0.29) is 11.5 Å². The largest absolute Gasteiger partial charge is 0.378 e. The molecule has 0 spiro atoms. The second-order valence-corrected chi connectivity index (χ2v) is 7.08.